The summed E-state index contributed by atoms with van der Waals surface area (Å²) in [6, 6.07) is 6.05. The van der Waals surface area contributed by atoms with Gasteiger partial charge in [0.1, 0.15) is 5.82 Å². The summed E-state index contributed by atoms with van der Waals surface area (Å²) >= 11 is 1.30. The Hall–Kier alpha value is -2.00. The molecule has 0 radical (unpaired) electrons. The molecule has 1 aromatic heterocycles. The number of tetrazole rings is 1. The van der Waals surface area contributed by atoms with Gasteiger partial charge in [-0.2, -0.15) is 0 Å². The first-order valence-electron chi connectivity index (χ1n) is 8.45. The predicted octanol–water partition coefficient (Wildman–Crippen LogP) is 1.98. The number of rotatable bonds is 9. The smallest absolute Gasteiger partial charge is 0.230 e. The molecule has 0 fully saturated rings. The molecular formula is C17H25FN6OS. The number of carbonyl (C=O) groups excluding carboxylic acids is 1. The van der Waals surface area contributed by atoms with Gasteiger partial charge < -0.3 is 10.2 Å². The zero-order chi connectivity index (χ0) is 19.1. The lowest BCUT2D eigenvalue weighted by atomic mass is 9.96. The number of amides is 1. The van der Waals surface area contributed by atoms with Crippen LogP contribution in [0.15, 0.2) is 29.4 Å². The van der Waals surface area contributed by atoms with Crippen molar-refractivity contribution in [3.63, 3.8) is 0 Å². The van der Waals surface area contributed by atoms with Gasteiger partial charge in [0, 0.05) is 6.54 Å². The molecular weight excluding hydrogens is 355 g/mol. The first-order chi connectivity index (χ1) is 12.4. The third kappa shape index (κ3) is 6.06. The van der Waals surface area contributed by atoms with E-state index in [0.717, 1.165) is 12.1 Å². The Balaban J connectivity index is 1.93. The Morgan fingerprint density at radius 3 is 2.62 bits per heavy atom. The number of thioether (sulfide) groups is 1. The summed E-state index contributed by atoms with van der Waals surface area (Å²) in [5.41, 5.74) is 0.885. The highest BCUT2D eigenvalue weighted by Crippen LogP contribution is 2.22. The Kier molecular flexibility index (Phi) is 7.52. The maximum Gasteiger partial charge on any atom is 0.230 e. The zero-order valence-electron chi connectivity index (χ0n) is 15.5. The highest BCUT2D eigenvalue weighted by atomic mass is 32.2. The van der Waals surface area contributed by atoms with Crippen molar-refractivity contribution < 1.29 is 9.18 Å². The van der Waals surface area contributed by atoms with Crippen molar-refractivity contribution in [3.8, 4) is 0 Å². The van der Waals surface area contributed by atoms with Crippen LogP contribution in [0.4, 0.5) is 4.39 Å². The van der Waals surface area contributed by atoms with Crippen LogP contribution in [0.5, 0.6) is 0 Å². The van der Waals surface area contributed by atoms with Gasteiger partial charge in [0.25, 0.3) is 0 Å². The molecule has 26 heavy (non-hydrogen) atoms. The summed E-state index contributed by atoms with van der Waals surface area (Å²) in [6.45, 7) is 5.51. The van der Waals surface area contributed by atoms with E-state index in [2.05, 4.69) is 20.8 Å². The molecule has 142 valence electrons. The summed E-state index contributed by atoms with van der Waals surface area (Å²) in [5, 5.41) is 15.2. The number of benzene rings is 1. The van der Waals surface area contributed by atoms with Crippen molar-refractivity contribution in [2.24, 2.45) is 5.92 Å². The molecule has 1 heterocycles. The number of halogens is 1. The first-order valence-corrected chi connectivity index (χ1v) is 9.44. The average molecular weight is 380 g/mol. The highest BCUT2D eigenvalue weighted by Gasteiger charge is 2.19. The second-order valence-electron chi connectivity index (χ2n) is 6.62. The maximum absolute atomic E-state index is 13.1. The molecule has 7 nitrogen and oxygen atoms in total. The number of likely N-dealkylation sites (N-methyl/N-ethyl adjacent to an activating group) is 1. The molecule has 1 unspecified atom stereocenters. The number of carbonyl (C=O) groups is 1. The second kappa shape index (κ2) is 9.63. The van der Waals surface area contributed by atoms with Gasteiger partial charge in [-0.3, -0.25) is 4.79 Å². The van der Waals surface area contributed by atoms with Gasteiger partial charge in [-0.1, -0.05) is 37.7 Å². The third-order valence-corrected chi connectivity index (χ3v) is 4.76. The van der Waals surface area contributed by atoms with Crippen LogP contribution in [0.3, 0.4) is 0 Å². The number of hydrogen-bond donors (Lipinski definition) is 1. The minimum Gasteiger partial charge on any atom is -0.348 e. The van der Waals surface area contributed by atoms with E-state index in [9.17, 15) is 9.18 Å². The highest BCUT2D eigenvalue weighted by molar-refractivity contribution is 7.99. The van der Waals surface area contributed by atoms with Crippen molar-refractivity contribution in [3.05, 3.63) is 35.6 Å². The van der Waals surface area contributed by atoms with Gasteiger partial charge in [0.15, 0.2) is 0 Å². The van der Waals surface area contributed by atoms with Crippen molar-refractivity contribution >= 4 is 17.7 Å². The van der Waals surface area contributed by atoms with Crippen LogP contribution in [-0.4, -0.2) is 57.4 Å². The topological polar surface area (TPSA) is 75.9 Å². The number of nitrogens with one attached hydrogen (secondary N) is 1. The van der Waals surface area contributed by atoms with Crippen LogP contribution in [0.2, 0.25) is 0 Å². The summed E-state index contributed by atoms with van der Waals surface area (Å²) in [6.07, 6.45) is 0. The summed E-state index contributed by atoms with van der Waals surface area (Å²) < 4.78 is 14.8. The predicted molar refractivity (Wildman–Crippen MR) is 99.2 cm³/mol. The van der Waals surface area contributed by atoms with Crippen molar-refractivity contribution in [1.82, 2.24) is 30.4 Å². The zero-order valence-corrected chi connectivity index (χ0v) is 16.3. The molecule has 9 heteroatoms. The standard InChI is InChI=1S/C17H25FN6OS/c1-12(2)16(13-5-7-14(18)8-6-13)19-15(25)11-26-17-20-21-22-24(17)10-9-23(3)4/h5-8,12,16H,9-11H2,1-4H3,(H,19,25). The van der Waals surface area contributed by atoms with Gasteiger partial charge in [-0.15, -0.1) is 5.10 Å². The van der Waals surface area contributed by atoms with Crippen LogP contribution in [0.1, 0.15) is 25.5 Å². The van der Waals surface area contributed by atoms with Gasteiger partial charge in [-0.05, 0) is 48.1 Å². The molecule has 0 spiro atoms. The van der Waals surface area contributed by atoms with Crippen LogP contribution in [0, 0.1) is 11.7 Å². The fraction of sp³-hybridized carbons (Fsp3) is 0.529. The van der Waals surface area contributed by atoms with Crippen LogP contribution in [0.25, 0.3) is 0 Å². The summed E-state index contributed by atoms with van der Waals surface area (Å²) in [4.78, 5) is 14.4. The van der Waals surface area contributed by atoms with Crippen LogP contribution >= 0.6 is 11.8 Å². The molecule has 1 N–H and O–H groups in total. The van der Waals surface area contributed by atoms with Crippen molar-refractivity contribution in [1.29, 1.82) is 0 Å². The lowest BCUT2D eigenvalue weighted by molar-refractivity contribution is -0.119. The number of hydrogen-bond acceptors (Lipinski definition) is 6. The quantitative estimate of drug-likeness (QED) is 0.671. The maximum atomic E-state index is 13.1. The van der Waals surface area contributed by atoms with E-state index in [1.165, 1.54) is 23.9 Å². The minimum absolute atomic E-state index is 0.111. The monoisotopic (exact) mass is 380 g/mol. The molecule has 1 aromatic carbocycles. The third-order valence-electron chi connectivity index (χ3n) is 3.80. The second-order valence-corrected chi connectivity index (χ2v) is 7.56. The molecule has 2 aromatic rings. The Morgan fingerprint density at radius 2 is 2.00 bits per heavy atom. The Bertz CT molecular complexity index is 704. The van der Waals surface area contributed by atoms with Gasteiger partial charge in [-0.25, -0.2) is 9.07 Å². The van der Waals surface area contributed by atoms with Crippen molar-refractivity contribution in [2.75, 3.05) is 26.4 Å². The molecule has 1 amide bonds. The van der Waals surface area contributed by atoms with E-state index >= 15 is 0 Å². The summed E-state index contributed by atoms with van der Waals surface area (Å²) in [5.74, 6) is -0.00469. The summed E-state index contributed by atoms with van der Waals surface area (Å²) in [7, 11) is 3.96. The molecule has 0 aliphatic carbocycles. The van der Waals surface area contributed by atoms with Crippen LogP contribution < -0.4 is 5.32 Å². The molecule has 0 saturated heterocycles. The molecule has 1 atom stereocenters. The van der Waals surface area contributed by atoms with Crippen LogP contribution in [-0.2, 0) is 11.3 Å². The molecule has 0 saturated carbocycles. The van der Waals surface area contributed by atoms with Crippen molar-refractivity contribution in [2.45, 2.75) is 31.6 Å². The first kappa shape index (κ1) is 20.3. The number of nitrogens with zero attached hydrogens (tertiary/aromatic N) is 5. The van der Waals surface area contributed by atoms with E-state index in [-0.39, 0.29) is 29.4 Å². The Labute approximate surface area is 157 Å². The van der Waals surface area contributed by atoms with E-state index in [4.69, 9.17) is 0 Å². The van der Waals surface area contributed by atoms with Gasteiger partial charge >= 0.3 is 0 Å². The molecule has 0 bridgehead atoms. The fourth-order valence-electron chi connectivity index (χ4n) is 2.39. The largest absolute Gasteiger partial charge is 0.348 e. The SMILES string of the molecule is CC(C)C(NC(=O)CSc1nnnn1CCN(C)C)c1ccc(F)cc1. The van der Waals surface area contributed by atoms with E-state index < -0.39 is 0 Å². The van der Waals surface area contributed by atoms with E-state index in [1.807, 2.05) is 32.8 Å². The van der Waals surface area contributed by atoms with E-state index in [1.54, 1.807) is 16.8 Å². The molecule has 2 rings (SSSR count). The lowest BCUT2D eigenvalue weighted by Crippen LogP contribution is -2.33. The lowest BCUT2D eigenvalue weighted by Gasteiger charge is -2.23. The van der Waals surface area contributed by atoms with Gasteiger partial charge in [0.05, 0.1) is 18.3 Å². The van der Waals surface area contributed by atoms with E-state index in [0.29, 0.717) is 11.7 Å². The Morgan fingerprint density at radius 1 is 1.31 bits per heavy atom. The molecule has 0 aliphatic heterocycles. The average Bonchev–Trinajstić information content (AvgIpc) is 3.04. The fourth-order valence-corrected chi connectivity index (χ4v) is 3.10. The number of aromatic nitrogens is 4. The normalized spacial score (nSPS) is 12.6. The minimum atomic E-state index is -0.289. The van der Waals surface area contributed by atoms with Gasteiger partial charge in [0.2, 0.25) is 11.1 Å². The molecule has 0 aliphatic rings.